The van der Waals surface area contributed by atoms with Crippen molar-refractivity contribution in [1.29, 1.82) is 0 Å². The van der Waals surface area contributed by atoms with Gasteiger partial charge in [0, 0.05) is 4.47 Å². The van der Waals surface area contributed by atoms with Crippen LogP contribution >= 0.6 is 15.9 Å². The number of halogens is 4. The summed E-state index contributed by atoms with van der Waals surface area (Å²) in [5, 5.41) is 9.29. The van der Waals surface area contributed by atoms with Gasteiger partial charge in [0.25, 0.3) is 5.82 Å². The van der Waals surface area contributed by atoms with Gasteiger partial charge >= 0.3 is 6.18 Å². The molecule has 16 heavy (non-hydrogen) atoms. The van der Waals surface area contributed by atoms with Crippen molar-refractivity contribution in [3.63, 3.8) is 0 Å². The molecule has 2 rings (SSSR count). The lowest BCUT2D eigenvalue weighted by atomic mass is 10.3. The third-order valence-electron chi connectivity index (χ3n) is 1.78. The molecule has 0 spiro atoms. The second-order valence-corrected chi connectivity index (χ2v) is 3.81. The SMILES string of the molecule is FC(F)(F)c1nnnn1-c1cccc(Br)c1. The summed E-state index contributed by atoms with van der Waals surface area (Å²) in [4.78, 5) is 0. The molecule has 4 nitrogen and oxygen atoms in total. The number of hydrogen-bond donors (Lipinski definition) is 0. The Morgan fingerprint density at radius 3 is 2.62 bits per heavy atom. The Kier molecular flexibility index (Phi) is 2.66. The Labute approximate surface area is 96.2 Å². The van der Waals surface area contributed by atoms with Gasteiger partial charge in [-0.15, -0.1) is 5.10 Å². The summed E-state index contributed by atoms with van der Waals surface area (Å²) in [6, 6.07) is 6.27. The van der Waals surface area contributed by atoms with Crippen molar-refractivity contribution in [3.05, 3.63) is 34.6 Å². The number of aromatic nitrogens is 4. The minimum absolute atomic E-state index is 0.242. The molecule has 1 aromatic carbocycles. The van der Waals surface area contributed by atoms with Crippen LogP contribution in [0.3, 0.4) is 0 Å². The zero-order valence-corrected chi connectivity index (χ0v) is 9.20. The third kappa shape index (κ3) is 2.06. The molecule has 0 radical (unpaired) electrons. The van der Waals surface area contributed by atoms with E-state index in [-0.39, 0.29) is 5.69 Å². The van der Waals surface area contributed by atoms with Crippen molar-refractivity contribution < 1.29 is 13.2 Å². The highest BCUT2D eigenvalue weighted by Crippen LogP contribution is 2.28. The van der Waals surface area contributed by atoms with E-state index >= 15 is 0 Å². The number of rotatable bonds is 1. The zero-order valence-electron chi connectivity index (χ0n) is 7.61. The first-order chi connectivity index (χ1) is 7.48. The summed E-state index contributed by atoms with van der Waals surface area (Å²) < 4.78 is 38.8. The smallest absolute Gasteiger partial charge is 0.189 e. The Bertz CT molecular complexity index is 508. The second-order valence-electron chi connectivity index (χ2n) is 2.89. The molecule has 1 aromatic heterocycles. The van der Waals surface area contributed by atoms with Crippen molar-refractivity contribution in [2.75, 3.05) is 0 Å². The quantitative estimate of drug-likeness (QED) is 0.811. The van der Waals surface area contributed by atoms with Crippen LogP contribution in [0.15, 0.2) is 28.7 Å². The molecule has 0 aliphatic heterocycles. The fraction of sp³-hybridized carbons (Fsp3) is 0.125. The van der Waals surface area contributed by atoms with Crippen LogP contribution in [-0.2, 0) is 6.18 Å². The summed E-state index contributed by atoms with van der Waals surface area (Å²) in [5.74, 6) is -1.15. The van der Waals surface area contributed by atoms with E-state index < -0.39 is 12.0 Å². The average molecular weight is 293 g/mol. The third-order valence-corrected chi connectivity index (χ3v) is 2.27. The topological polar surface area (TPSA) is 43.6 Å². The lowest BCUT2D eigenvalue weighted by Crippen LogP contribution is -2.14. The van der Waals surface area contributed by atoms with Gasteiger partial charge in [0.2, 0.25) is 0 Å². The fourth-order valence-electron chi connectivity index (χ4n) is 1.15. The largest absolute Gasteiger partial charge is 0.453 e. The molecule has 0 aliphatic rings. The van der Waals surface area contributed by atoms with E-state index in [0.29, 0.717) is 9.15 Å². The van der Waals surface area contributed by atoms with E-state index in [9.17, 15) is 13.2 Å². The standard InChI is InChI=1S/C8H4BrF3N4/c9-5-2-1-3-6(4-5)16-7(8(10,11)12)13-14-15-16/h1-4H. The zero-order chi connectivity index (χ0) is 11.8. The number of hydrogen-bond acceptors (Lipinski definition) is 3. The molecule has 0 amide bonds. The molecule has 8 heteroatoms. The van der Waals surface area contributed by atoms with Gasteiger partial charge in [-0.25, -0.2) is 0 Å². The maximum Gasteiger partial charge on any atom is 0.453 e. The maximum absolute atomic E-state index is 12.5. The fourth-order valence-corrected chi connectivity index (χ4v) is 1.53. The molecule has 0 unspecified atom stereocenters. The molecule has 1 heterocycles. The number of tetrazole rings is 1. The van der Waals surface area contributed by atoms with Crippen molar-refractivity contribution >= 4 is 15.9 Å². The normalized spacial score (nSPS) is 11.8. The summed E-state index contributed by atoms with van der Waals surface area (Å²) in [5.41, 5.74) is 0.242. The second kappa shape index (κ2) is 3.85. The van der Waals surface area contributed by atoms with Crippen molar-refractivity contribution in [2.24, 2.45) is 0 Å². The molecule has 0 fully saturated rings. The predicted molar refractivity (Wildman–Crippen MR) is 51.9 cm³/mol. The maximum atomic E-state index is 12.5. The van der Waals surface area contributed by atoms with Crippen LogP contribution in [0, 0.1) is 0 Å². The Morgan fingerprint density at radius 1 is 1.25 bits per heavy atom. The molecular weight excluding hydrogens is 289 g/mol. The number of benzene rings is 1. The van der Waals surface area contributed by atoms with E-state index in [4.69, 9.17) is 0 Å². The minimum atomic E-state index is -4.58. The summed E-state index contributed by atoms with van der Waals surface area (Å²) >= 11 is 3.16. The molecule has 0 bridgehead atoms. The van der Waals surface area contributed by atoms with Gasteiger partial charge in [-0.2, -0.15) is 17.9 Å². The Balaban J connectivity index is 2.53. The van der Waals surface area contributed by atoms with Crippen LogP contribution < -0.4 is 0 Å². The predicted octanol–water partition coefficient (Wildman–Crippen LogP) is 2.44. The molecule has 0 aliphatic carbocycles. The highest BCUT2D eigenvalue weighted by Gasteiger charge is 2.38. The Morgan fingerprint density at radius 2 is 2.00 bits per heavy atom. The van der Waals surface area contributed by atoms with Gasteiger partial charge in [-0.05, 0) is 28.6 Å². The van der Waals surface area contributed by atoms with E-state index in [2.05, 4.69) is 31.5 Å². The average Bonchev–Trinajstić information content (AvgIpc) is 2.65. The molecule has 84 valence electrons. The van der Waals surface area contributed by atoms with Gasteiger partial charge in [0.05, 0.1) is 5.69 Å². The van der Waals surface area contributed by atoms with Crippen LogP contribution in [0.2, 0.25) is 0 Å². The highest BCUT2D eigenvalue weighted by molar-refractivity contribution is 9.10. The Hall–Kier alpha value is -1.44. The molecule has 0 saturated carbocycles. The highest BCUT2D eigenvalue weighted by atomic mass is 79.9. The first-order valence-electron chi connectivity index (χ1n) is 4.10. The summed E-state index contributed by atoms with van der Waals surface area (Å²) in [6.45, 7) is 0. The van der Waals surface area contributed by atoms with Crippen molar-refractivity contribution in [3.8, 4) is 5.69 Å². The number of alkyl halides is 3. The van der Waals surface area contributed by atoms with Gasteiger partial charge in [-0.1, -0.05) is 22.0 Å². The summed E-state index contributed by atoms with van der Waals surface area (Å²) in [7, 11) is 0. The summed E-state index contributed by atoms with van der Waals surface area (Å²) in [6.07, 6.45) is -4.58. The van der Waals surface area contributed by atoms with Gasteiger partial charge < -0.3 is 0 Å². The molecule has 0 atom stereocenters. The van der Waals surface area contributed by atoms with Crippen LogP contribution in [0.4, 0.5) is 13.2 Å². The molecular formula is C8H4BrF3N4. The van der Waals surface area contributed by atoms with Crippen LogP contribution in [-0.4, -0.2) is 20.2 Å². The molecule has 0 saturated heterocycles. The van der Waals surface area contributed by atoms with Crippen molar-refractivity contribution in [2.45, 2.75) is 6.18 Å². The van der Waals surface area contributed by atoms with E-state index in [1.165, 1.54) is 12.1 Å². The van der Waals surface area contributed by atoms with E-state index in [1.807, 2.05) is 0 Å². The van der Waals surface area contributed by atoms with E-state index in [0.717, 1.165) is 0 Å². The van der Waals surface area contributed by atoms with Crippen molar-refractivity contribution in [1.82, 2.24) is 20.2 Å². The first-order valence-corrected chi connectivity index (χ1v) is 4.89. The van der Waals surface area contributed by atoms with E-state index in [1.54, 1.807) is 12.1 Å². The van der Waals surface area contributed by atoms with Gasteiger partial charge in [0.15, 0.2) is 0 Å². The lowest BCUT2D eigenvalue weighted by molar-refractivity contribution is -0.146. The van der Waals surface area contributed by atoms with Gasteiger partial charge in [-0.3, -0.25) is 0 Å². The number of nitrogens with zero attached hydrogens (tertiary/aromatic N) is 4. The monoisotopic (exact) mass is 292 g/mol. The molecule has 2 aromatic rings. The minimum Gasteiger partial charge on any atom is -0.189 e. The first kappa shape index (κ1) is 11.1. The van der Waals surface area contributed by atoms with Gasteiger partial charge in [0.1, 0.15) is 0 Å². The van der Waals surface area contributed by atoms with Crippen LogP contribution in [0.5, 0.6) is 0 Å². The van der Waals surface area contributed by atoms with Crippen LogP contribution in [0.25, 0.3) is 5.69 Å². The lowest BCUT2D eigenvalue weighted by Gasteiger charge is -2.06. The van der Waals surface area contributed by atoms with Crippen LogP contribution in [0.1, 0.15) is 5.82 Å². The molecule has 0 N–H and O–H groups in total.